The van der Waals surface area contributed by atoms with Gasteiger partial charge in [-0.1, -0.05) is 91.0 Å². The lowest BCUT2D eigenvalue weighted by molar-refractivity contribution is -0.134. The fraction of sp³-hybridized carbons (Fsp3) is 0.167. The van der Waals surface area contributed by atoms with Gasteiger partial charge in [-0.25, -0.2) is 0 Å². The fourth-order valence-electron chi connectivity index (χ4n) is 2.74. The van der Waals surface area contributed by atoms with Crippen LogP contribution in [0.25, 0.3) is 0 Å². The van der Waals surface area contributed by atoms with Crippen molar-refractivity contribution in [2.75, 3.05) is 11.5 Å². The molecule has 0 bridgehead atoms. The van der Waals surface area contributed by atoms with Crippen molar-refractivity contribution in [2.45, 2.75) is 11.7 Å². The van der Waals surface area contributed by atoms with Gasteiger partial charge in [0.05, 0.1) is 11.5 Å². The Labute approximate surface area is 198 Å². The van der Waals surface area contributed by atoms with Crippen LogP contribution in [0.15, 0.2) is 91.0 Å². The maximum atomic E-state index is 11.4. The average molecular weight is 475 g/mol. The number of aliphatic hydroxyl groups excluding tert-OH is 1. The Bertz CT molecular complexity index is 883. The van der Waals surface area contributed by atoms with Gasteiger partial charge in [0.15, 0.2) is 0 Å². The van der Waals surface area contributed by atoms with Crippen LogP contribution in [0, 0.1) is 0 Å². The first-order chi connectivity index (χ1) is 15.3. The van der Waals surface area contributed by atoms with E-state index in [9.17, 15) is 19.8 Å². The molecule has 0 aliphatic carbocycles. The number of rotatable bonds is 6. The average Bonchev–Trinajstić information content (AvgIpc) is 2.85. The van der Waals surface area contributed by atoms with E-state index in [1.54, 1.807) is 0 Å². The number of carbonyl (C=O) groups is 2. The molecule has 1 unspecified atom stereocenters. The highest BCUT2D eigenvalue weighted by molar-refractivity contribution is 7.81. The van der Waals surface area contributed by atoms with Crippen molar-refractivity contribution in [3.63, 3.8) is 0 Å². The summed E-state index contributed by atoms with van der Waals surface area (Å²) in [7, 11) is 0. The Morgan fingerprint density at radius 2 is 0.969 bits per heavy atom. The van der Waals surface area contributed by atoms with E-state index in [1.807, 2.05) is 91.0 Å². The van der Waals surface area contributed by atoms with E-state index in [0.29, 0.717) is 16.7 Å². The third-order valence-electron chi connectivity index (χ3n) is 4.21. The molecule has 170 valence electrons. The topological polar surface area (TPSA) is 115 Å². The minimum absolute atomic E-state index is 0.0833. The first kappa shape index (κ1) is 27.3. The highest BCUT2D eigenvalue weighted by Gasteiger charge is 2.40. The summed E-state index contributed by atoms with van der Waals surface area (Å²) in [4.78, 5) is 18.6. The lowest BCUT2D eigenvalue weighted by atomic mass is 9.79. The molecule has 0 radical (unpaired) electrons. The quantitative estimate of drug-likeness (QED) is 0.304. The van der Waals surface area contributed by atoms with Crippen LogP contribution in [-0.4, -0.2) is 43.9 Å². The molecule has 3 rings (SSSR count). The zero-order valence-corrected chi connectivity index (χ0v) is 18.9. The number of aliphatic carboxylic acids is 2. The van der Waals surface area contributed by atoms with Crippen LogP contribution in [0.4, 0.5) is 0 Å². The van der Waals surface area contributed by atoms with Gasteiger partial charge >= 0.3 is 11.9 Å². The van der Waals surface area contributed by atoms with Gasteiger partial charge in [-0.3, -0.25) is 9.59 Å². The number of hydrogen-bond donors (Lipinski definition) is 6. The van der Waals surface area contributed by atoms with E-state index in [2.05, 4.69) is 25.3 Å². The molecular formula is C24H26O6S2. The van der Waals surface area contributed by atoms with Crippen molar-refractivity contribution in [3.05, 3.63) is 108 Å². The summed E-state index contributed by atoms with van der Waals surface area (Å²) < 4.78 is 0. The van der Waals surface area contributed by atoms with E-state index in [-0.39, 0.29) is 11.5 Å². The molecule has 6 nitrogen and oxygen atoms in total. The first-order valence-electron chi connectivity index (χ1n) is 9.49. The smallest absolute Gasteiger partial charge is 0.313 e. The Morgan fingerprint density at radius 1 is 0.688 bits per heavy atom. The zero-order valence-electron chi connectivity index (χ0n) is 17.2. The Balaban J connectivity index is 0.000000431. The second-order valence-electron chi connectivity index (χ2n) is 6.42. The lowest BCUT2D eigenvalue weighted by Gasteiger charge is -2.34. The van der Waals surface area contributed by atoms with Gasteiger partial charge in [-0.15, -0.1) is 0 Å². The zero-order chi connectivity index (χ0) is 24.0. The number of carboxylic acids is 2. The van der Waals surface area contributed by atoms with Gasteiger partial charge in [-0.2, -0.15) is 25.3 Å². The van der Waals surface area contributed by atoms with Crippen LogP contribution in [0.5, 0.6) is 0 Å². The second-order valence-corrected chi connectivity index (χ2v) is 7.05. The number of benzene rings is 3. The molecule has 4 N–H and O–H groups in total. The van der Waals surface area contributed by atoms with E-state index >= 15 is 0 Å². The fourth-order valence-corrected chi connectivity index (χ4v) is 2.74. The maximum absolute atomic E-state index is 11.4. The number of thiol groups is 2. The summed E-state index contributed by atoms with van der Waals surface area (Å²) in [5.41, 5.74) is 0.511. The van der Waals surface area contributed by atoms with Crippen LogP contribution in [0.1, 0.15) is 22.8 Å². The predicted molar refractivity (Wildman–Crippen MR) is 130 cm³/mol. The molecule has 1 atom stereocenters. The number of aliphatic hydroxyl groups is 2. The molecule has 0 spiro atoms. The van der Waals surface area contributed by atoms with E-state index < -0.39 is 23.6 Å². The Kier molecular flexibility index (Phi) is 12.2. The summed E-state index contributed by atoms with van der Waals surface area (Å²) in [6, 6.07) is 27.8. The third-order valence-corrected chi connectivity index (χ3v) is 4.75. The monoisotopic (exact) mass is 474 g/mol. The molecule has 0 saturated heterocycles. The van der Waals surface area contributed by atoms with Crippen molar-refractivity contribution in [1.82, 2.24) is 0 Å². The van der Waals surface area contributed by atoms with Crippen LogP contribution >= 0.6 is 25.3 Å². The minimum Gasteiger partial charge on any atom is -0.481 e. The molecule has 0 amide bonds. The largest absolute Gasteiger partial charge is 0.481 e. The molecule has 0 aromatic heterocycles. The Morgan fingerprint density at radius 3 is 1.25 bits per heavy atom. The molecule has 0 fully saturated rings. The van der Waals surface area contributed by atoms with Crippen molar-refractivity contribution in [2.24, 2.45) is 0 Å². The summed E-state index contributed by atoms with van der Waals surface area (Å²) in [6.07, 6.45) is -1.06. The normalized spacial score (nSPS) is 11.1. The van der Waals surface area contributed by atoms with Crippen molar-refractivity contribution >= 4 is 37.2 Å². The second kappa shape index (κ2) is 14.3. The molecule has 0 heterocycles. The number of hydrogen-bond acceptors (Lipinski definition) is 6. The molecule has 0 aliphatic heterocycles. The summed E-state index contributed by atoms with van der Waals surface area (Å²) in [6.45, 7) is 0. The molecule has 32 heavy (non-hydrogen) atoms. The Hall–Kier alpha value is -2.78. The molecule has 8 heteroatoms. The summed E-state index contributed by atoms with van der Waals surface area (Å²) in [5.74, 6) is -1.93. The minimum atomic E-state index is -1.50. The standard InChI is InChI=1S/C20H18O2.2C2H4O2S/c21-19(16-10-4-1-5-11-16)20(22,17-12-6-2-7-13-17)18-14-8-3-9-15-18;2*3-2(4)1-5/h1-15,19,21-22H;2*5H,1H2,(H,3,4). The molecule has 0 saturated carbocycles. The summed E-state index contributed by atoms with van der Waals surface area (Å²) in [5, 5.41) is 37.6. The molecule has 0 aliphatic rings. The van der Waals surface area contributed by atoms with Crippen molar-refractivity contribution in [3.8, 4) is 0 Å². The number of carboxylic acid groups (broad SMARTS) is 2. The van der Waals surface area contributed by atoms with Crippen molar-refractivity contribution < 1.29 is 30.0 Å². The highest BCUT2D eigenvalue weighted by Crippen LogP contribution is 2.40. The van der Waals surface area contributed by atoms with E-state index in [1.165, 1.54) is 0 Å². The lowest BCUT2D eigenvalue weighted by Crippen LogP contribution is -2.35. The molecule has 3 aromatic carbocycles. The summed E-state index contributed by atoms with van der Waals surface area (Å²) >= 11 is 6.83. The maximum Gasteiger partial charge on any atom is 0.313 e. The van der Waals surface area contributed by atoms with Gasteiger partial charge in [0, 0.05) is 0 Å². The van der Waals surface area contributed by atoms with Crippen LogP contribution in [0.3, 0.4) is 0 Å². The van der Waals surface area contributed by atoms with Crippen LogP contribution < -0.4 is 0 Å². The van der Waals surface area contributed by atoms with Gasteiger partial charge in [-0.05, 0) is 16.7 Å². The van der Waals surface area contributed by atoms with Crippen molar-refractivity contribution in [1.29, 1.82) is 0 Å². The highest BCUT2D eigenvalue weighted by atomic mass is 32.1. The molecular weight excluding hydrogens is 448 g/mol. The van der Waals surface area contributed by atoms with E-state index in [4.69, 9.17) is 10.2 Å². The first-order valence-corrected chi connectivity index (χ1v) is 10.8. The predicted octanol–water partition coefficient (Wildman–Crippen LogP) is 3.66. The molecule has 3 aromatic rings. The van der Waals surface area contributed by atoms with Gasteiger partial charge in [0.2, 0.25) is 0 Å². The van der Waals surface area contributed by atoms with E-state index in [0.717, 1.165) is 0 Å². The van der Waals surface area contributed by atoms with Gasteiger partial charge in [0.1, 0.15) is 11.7 Å². The van der Waals surface area contributed by atoms with Gasteiger partial charge < -0.3 is 20.4 Å². The van der Waals surface area contributed by atoms with Crippen LogP contribution in [-0.2, 0) is 15.2 Å². The van der Waals surface area contributed by atoms with Crippen LogP contribution in [0.2, 0.25) is 0 Å². The third kappa shape index (κ3) is 8.39. The van der Waals surface area contributed by atoms with Gasteiger partial charge in [0.25, 0.3) is 0 Å². The SMILES string of the molecule is O=C(O)CS.O=C(O)CS.OC(c1ccccc1)C(O)(c1ccccc1)c1ccccc1.